The molecule has 4 aromatic rings. The molecule has 1 aromatic heterocycles. The lowest BCUT2D eigenvalue weighted by Gasteiger charge is -2.29. The van der Waals surface area contributed by atoms with E-state index in [1.54, 1.807) is 28.4 Å². The number of carbonyl (C=O) groups is 2. The molecule has 1 unspecified atom stereocenters. The van der Waals surface area contributed by atoms with E-state index < -0.39 is 6.04 Å². The molecule has 0 saturated carbocycles. The van der Waals surface area contributed by atoms with Crippen molar-refractivity contribution in [3.8, 4) is 11.1 Å². The summed E-state index contributed by atoms with van der Waals surface area (Å²) in [6.07, 6.45) is 0. The lowest BCUT2D eigenvalue weighted by molar-refractivity contribution is -0.117. The van der Waals surface area contributed by atoms with Gasteiger partial charge in [-0.2, -0.15) is 0 Å². The Hall–Kier alpha value is -3.41. The van der Waals surface area contributed by atoms with E-state index in [1.165, 1.54) is 0 Å². The van der Waals surface area contributed by atoms with E-state index >= 15 is 0 Å². The van der Waals surface area contributed by atoms with Crippen LogP contribution in [0, 0.1) is 0 Å². The number of hydrogen-bond acceptors (Lipinski definition) is 3. The number of amides is 2. The van der Waals surface area contributed by atoms with Crippen LogP contribution in [0.1, 0.15) is 26.8 Å². The number of rotatable bonds is 3. The molecular formula is C26H19ClN2O2S. The lowest BCUT2D eigenvalue weighted by atomic mass is 10.00. The topological polar surface area (TPSA) is 49.4 Å². The van der Waals surface area contributed by atoms with Crippen LogP contribution < -0.4 is 5.32 Å². The summed E-state index contributed by atoms with van der Waals surface area (Å²) >= 11 is 7.85. The largest absolute Gasteiger partial charge is 0.324 e. The van der Waals surface area contributed by atoms with Gasteiger partial charge < -0.3 is 10.2 Å². The van der Waals surface area contributed by atoms with Gasteiger partial charge in [0.1, 0.15) is 6.54 Å². The maximum Gasteiger partial charge on any atom is 0.255 e. The fourth-order valence-electron chi connectivity index (χ4n) is 4.02. The molecule has 158 valence electrons. The van der Waals surface area contributed by atoms with E-state index in [0.717, 1.165) is 21.6 Å². The maximum absolute atomic E-state index is 13.7. The molecule has 2 heterocycles. The molecule has 1 N–H and O–H groups in total. The zero-order valence-electron chi connectivity index (χ0n) is 17.0. The van der Waals surface area contributed by atoms with Crippen LogP contribution in [0.15, 0.2) is 90.3 Å². The number of thiophene rings is 1. The van der Waals surface area contributed by atoms with Crippen molar-refractivity contribution < 1.29 is 9.59 Å². The third-order valence-corrected chi connectivity index (χ3v) is 6.68. The summed E-state index contributed by atoms with van der Waals surface area (Å²) in [5.74, 6) is -0.437. The number of benzene rings is 3. The Bertz CT molecular complexity index is 1270. The quantitative estimate of drug-likeness (QED) is 0.394. The molecule has 0 fully saturated rings. The van der Waals surface area contributed by atoms with Crippen molar-refractivity contribution in [2.24, 2.45) is 0 Å². The van der Waals surface area contributed by atoms with Gasteiger partial charge in [-0.25, -0.2) is 0 Å². The zero-order chi connectivity index (χ0) is 22.1. The number of nitrogens with zero attached hydrogens (tertiary/aromatic N) is 1. The predicted octanol–water partition coefficient (Wildman–Crippen LogP) is 6.25. The van der Waals surface area contributed by atoms with Crippen LogP contribution in [0.25, 0.3) is 11.1 Å². The van der Waals surface area contributed by atoms with E-state index in [1.807, 2.05) is 78.2 Å². The summed E-state index contributed by atoms with van der Waals surface area (Å²) in [6, 6.07) is 26.4. The smallest absolute Gasteiger partial charge is 0.255 e. The van der Waals surface area contributed by atoms with Crippen molar-refractivity contribution in [1.82, 2.24) is 4.90 Å². The Morgan fingerprint density at radius 1 is 0.938 bits per heavy atom. The molecule has 0 spiro atoms. The minimum Gasteiger partial charge on any atom is -0.324 e. The Kier molecular flexibility index (Phi) is 5.52. The van der Waals surface area contributed by atoms with Crippen LogP contribution in [0.2, 0.25) is 5.02 Å². The molecule has 0 aliphatic carbocycles. The average molecular weight is 459 g/mol. The molecule has 1 aliphatic rings. The highest BCUT2D eigenvalue weighted by Crippen LogP contribution is 2.39. The fraction of sp³-hybridized carbons (Fsp3) is 0.0769. The van der Waals surface area contributed by atoms with Crippen LogP contribution >= 0.6 is 22.9 Å². The third kappa shape index (κ3) is 3.93. The molecule has 1 atom stereocenters. The second kappa shape index (κ2) is 8.61. The van der Waals surface area contributed by atoms with Gasteiger partial charge in [-0.15, -0.1) is 11.3 Å². The van der Waals surface area contributed by atoms with Gasteiger partial charge in [-0.05, 0) is 52.9 Å². The summed E-state index contributed by atoms with van der Waals surface area (Å²) in [4.78, 5) is 29.0. The number of fused-ring (bicyclic) bond motifs is 1. The second-order valence-corrected chi connectivity index (χ2v) is 8.99. The van der Waals surface area contributed by atoms with Crippen molar-refractivity contribution >= 4 is 40.4 Å². The van der Waals surface area contributed by atoms with Crippen LogP contribution in [0.5, 0.6) is 0 Å². The van der Waals surface area contributed by atoms with Crippen molar-refractivity contribution in [3.05, 3.63) is 111 Å². The molecule has 0 saturated heterocycles. The molecule has 5 rings (SSSR count). The number of nitrogens with one attached hydrogen (secondary N) is 1. The number of hydrogen-bond donors (Lipinski definition) is 1. The van der Waals surface area contributed by atoms with Gasteiger partial charge in [0.2, 0.25) is 5.91 Å². The van der Waals surface area contributed by atoms with Crippen LogP contribution in [-0.4, -0.2) is 23.3 Å². The van der Waals surface area contributed by atoms with Gasteiger partial charge in [-0.3, -0.25) is 9.59 Å². The molecule has 1 aliphatic heterocycles. The monoisotopic (exact) mass is 458 g/mol. The van der Waals surface area contributed by atoms with E-state index in [9.17, 15) is 9.59 Å². The zero-order valence-corrected chi connectivity index (χ0v) is 18.6. The molecule has 0 radical (unpaired) electrons. The molecule has 3 aromatic carbocycles. The highest BCUT2D eigenvalue weighted by molar-refractivity contribution is 7.10. The summed E-state index contributed by atoms with van der Waals surface area (Å²) in [5.41, 5.74) is 4.13. The molecule has 32 heavy (non-hydrogen) atoms. The second-order valence-electron chi connectivity index (χ2n) is 7.57. The van der Waals surface area contributed by atoms with Crippen molar-refractivity contribution in [3.63, 3.8) is 0 Å². The lowest BCUT2D eigenvalue weighted by Crippen LogP contribution is -2.38. The Labute approximate surface area is 195 Å². The van der Waals surface area contributed by atoms with Crippen LogP contribution in [-0.2, 0) is 4.79 Å². The Morgan fingerprint density at radius 2 is 1.69 bits per heavy atom. The summed E-state index contributed by atoms with van der Waals surface area (Å²) in [6.45, 7) is -0.0475. The maximum atomic E-state index is 13.7. The first-order valence-corrected chi connectivity index (χ1v) is 11.4. The molecule has 2 amide bonds. The van der Waals surface area contributed by atoms with E-state index in [0.29, 0.717) is 16.3 Å². The van der Waals surface area contributed by atoms with Gasteiger partial charge in [0.05, 0.1) is 6.04 Å². The Morgan fingerprint density at radius 3 is 2.41 bits per heavy atom. The van der Waals surface area contributed by atoms with E-state index in [4.69, 9.17) is 11.6 Å². The predicted molar refractivity (Wildman–Crippen MR) is 129 cm³/mol. The summed E-state index contributed by atoms with van der Waals surface area (Å²) < 4.78 is 0. The first-order chi connectivity index (χ1) is 15.6. The number of carbonyl (C=O) groups excluding carboxylic acids is 2. The highest BCUT2D eigenvalue weighted by Gasteiger charge is 2.34. The molecule has 4 nitrogen and oxygen atoms in total. The minimum atomic E-state index is -0.413. The van der Waals surface area contributed by atoms with Crippen LogP contribution in [0.3, 0.4) is 0 Å². The van der Waals surface area contributed by atoms with Gasteiger partial charge >= 0.3 is 0 Å². The van der Waals surface area contributed by atoms with Crippen molar-refractivity contribution in [2.75, 3.05) is 11.9 Å². The van der Waals surface area contributed by atoms with Gasteiger partial charge in [-0.1, -0.05) is 60.1 Å². The van der Waals surface area contributed by atoms with Crippen molar-refractivity contribution in [1.29, 1.82) is 0 Å². The summed E-state index contributed by atoms with van der Waals surface area (Å²) in [7, 11) is 0. The first kappa shape index (κ1) is 20.5. The standard InChI is InChI=1S/C26H19ClN2O2S/c27-20-12-13-22-21(15-20)25(23-7-4-14-32-23)29(16-24(30)28-22)26(31)19-10-8-18(9-11-19)17-5-2-1-3-6-17/h1-15,25H,16H2,(H,28,30). The summed E-state index contributed by atoms with van der Waals surface area (Å²) in [5, 5.41) is 5.45. The molecule has 0 bridgehead atoms. The number of halogens is 1. The van der Waals surface area contributed by atoms with Gasteiger partial charge in [0, 0.05) is 26.7 Å². The SMILES string of the molecule is O=C1CN(C(=O)c2ccc(-c3ccccc3)cc2)C(c2cccs2)c2cc(Cl)ccc2N1. The minimum absolute atomic E-state index is 0.0475. The Balaban J connectivity index is 1.56. The molecule has 6 heteroatoms. The first-order valence-electron chi connectivity index (χ1n) is 10.2. The molecular weight excluding hydrogens is 440 g/mol. The van der Waals surface area contributed by atoms with Crippen LogP contribution in [0.4, 0.5) is 5.69 Å². The van der Waals surface area contributed by atoms with Crippen molar-refractivity contribution in [2.45, 2.75) is 6.04 Å². The highest BCUT2D eigenvalue weighted by atomic mass is 35.5. The average Bonchev–Trinajstić information content (AvgIpc) is 3.30. The van der Waals surface area contributed by atoms with Gasteiger partial charge in [0.15, 0.2) is 0 Å². The van der Waals surface area contributed by atoms with Gasteiger partial charge in [0.25, 0.3) is 5.91 Å². The number of anilines is 1. The normalized spacial score (nSPS) is 15.6. The fourth-order valence-corrected chi connectivity index (χ4v) is 5.06. The van der Waals surface area contributed by atoms with E-state index in [2.05, 4.69) is 5.32 Å². The van der Waals surface area contributed by atoms with E-state index in [-0.39, 0.29) is 18.4 Å². The third-order valence-electron chi connectivity index (χ3n) is 5.52.